The van der Waals surface area contributed by atoms with Crippen LogP contribution in [0.4, 0.5) is 21.9 Å². The van der Waals surface area contributed by atoms with Crippen LogP contribution in [-0.2, 0) is 4.74 Å². The van der Waals surface area contributed by atoms with Gasteiger partial charge in [-0.3, -0.25) is 10.1 Å². The maximum absolute atomic E-state index is 12.6. The Morgan fingerprint density at radius 2 is 1.92 bits per heavy atom. The van der Waals surface area contributed by atoms with Crippen LogP contribution < -0.4 is 4.90 Å². The first-order valence-corrected chi connectivity index (χ1v) is 7.44. The van der Waals surface area contributed by atoms with Gasteiger partial charge in [-0.25, -0.2) is 14.7 Å². The molecule has 0 radical (unpaired) electrons. The van der Waals surface area contributed by atoms with Crippen molar-refractivity contribution < 1.29 is 14.5 Å². The number of amides is 1. The summed E-state index contributed by atoms with van der Waals surface area (Å²) < 4.78 is 5.40. The van der Waals surface area contributed by atoms with Crippen molar-refractivity contribution in [1.82, 2.24) is 4.98 Å². The zero-order valence-corrected chi connectivity index (χ0v) is 14.1. The molecule has 2 aromatic rings. The average Bonchev–Trinajstić information content (AvgIpc) is 2.46. The van der Waals surface area contributed by atoms with E-state index in [9.17, 15) is 14.9 Å². The van der Waals surface area contributed by atoms with Gasteiger partial charge in [0.15, 0.2) is 0 Å². The number of aromatic nitrogens is 1. The van der Waals surface area contributed by atoms with Crippen molar-refractivity contribution in [3.63, 3.8) is 0 Å². The normalized spacial score (nSPS) is 11.0. The van der Waals surface area contributed by atoms with Gasteiger partial charge in [0.1, 0.15) is 10.8 Å². The summed E-state index contributed by atoms with van der Waals surface area (Å²) >= 11 is 5.90. The molecule has 1 heterocycles. The Labute approximate surface area is 144 Å². The highest BCUT2D eigenvalue weighted by Gasteiger charge is 2.26. The molecular formula is C16H16ClN3O4. The lowest BCUT2D eigenvalue weighted by Gasteiger charge is -2.27. The molecule has 0 aliphatic rings. The number of nitro benzene ring substituents is 1. The number of hydrogen-bond acceptors (Lipinski definition) is 5. The standard InChI is InChI=1S/C16H16ClN3O4/c1-16(2,3)24-15(21)19(12-7-8-18-14(17)10-12)11-5-4-6-13(9-11)20(22)23/h4-10H,1-3H3. The molecule has 0 saturated carbocycles. The number of ether oxygens (including phenoxy) is 1. The van der Waals surface area contributed by atoms with Crippen molar-refractivity contribution in [3.05, 3.63) is 57.9 Å². The summed E-state index contributed by atoms with van der Waals surface area (Å²) in [6, 6.07) is 8.74. The Bertz CT molecular complexity index is 774. The number of carbonyl (C=O) groups excluding carboxylic acids is 1. The van der Waals surface area contributed by atoms with E-state index >= 15 is 0 Å². The van der Waals surface area contributed by atoms with Crippen molar-refractivity contribution in [2.75, 3.05) is 4.90 Å². The van der Waals surface area contributed by atoms with E-state index < -0.39 is 16.6 Å². The second kappa shape index (κ2) is 6.84. The van der Waals surface area contributed by atoms with Crippen LogP contribution >= 0.6 is 11.6 Å². The molecule has 0 spiro atoms. The van der Waals surface area contributed by atoms with Gasteiger partial charge in [0, 0.05) is 18.3 Å². The molecule has 0 aliphatic heterocycles. The van der Waals surface area contributed by atoms with Gasteiger partial charge in [0.2, 0.25) is 0 Å². The predicted molar refractivity (Wildman–Crippen MR) is 90.7 cm³/mol. The SMILES string of the molecule is CC(C)(C)OC(=O)N(c1cccc([N+](=O)[O-])c1)c1ccnc(Cl)c1. The number of non-ortho nitro benzene ring substituents is 1. The van der Waals surface area contributed by atoms with Gasteiger partial charge in [0.25, 0.3) is 5.69 Å². The second-order valence-electron chi connectivity index (χ2n) is 5.93. The van der Waals surface area contributed by atoms with Crippen molar-refractivity contribution >= 4 is 34.8 Å². The van der Waals surface area contributed by atoms with E-state index in [1.54, 1.807) is 32.9 Å². The number of pyridine rings is 1. The summed E-state index contributed by atoms with van der Waals surface area (Å²) in [5, 5.41) is 11.2. The third-order valence-electron chi connectivity index (χ3n) is 2.84. The molecule has 0 fully saturated rings. The number of anilines is 2. The monoisotopic (exact) mass is 349 g/mol. The van der Waals surface area contributed by atoms with E-state index in [0.717, 1.165) is 0 Å². The number of nitro groups is 1. The summed E-state index contributed by atoms with van der Waals surface area (Å²) in [6.07, 6.45) is 0.761. The minimum atomic E-state index is -0.729. The van der Waals surface area contributed by atoms with Gasteiger partial charge in [-0.05, 0) is 39.0 Å². The van der Waals surface area contributed by atoms with Crippen LogP contribution in [0.1, 0.15) is 20.8 Å². The molecule has 126 valence electrons. The Morgan fingerprint density at radius 3 is 2.50 bits per heavy atom. The van der Waals surface area contributed by atoms with E-state index in [1.807, 2.05) is 0 Å². The molecular weight excluding hydrogens is 334 g/mol. The maximum atomic E-state index is 12.6. The van der Waals surface area contributed by atoms with Crippen LogP contribution in [0.25, 0.3) is 0 Å². The molecule has 1 aromatic carbocycles. The predicted octanol–water partition coefficient (Wildman–Crippen LogP) is 4.72. The Morgan fingerprint density at radius 1 is 1.25 bits per heavy atom. The summed E-state index contributed by atoms with van der Waals surface area (Å²) in [7, 11) is 0. The van der Waals surface area contributed by atoms with E-state index in [1.165, 1.54) is 35.4 Å². The number of benzene rings is 1. The van der Waals surface area contributed by atoms with Crippen LogP contribution in [-0.4, -0.2) is 21.6 Å². The van der Waals surface area contributed by atoms with E-state index in [4.69, 9.17) is 16.3 Å². The summed E-state index contributed by atoms with van der Waals surface area (Å²) in [4.78, 5) is 28.2. The van der Waals surface area contributed by atoms with Crippen LogP contribution in [0.2, 0.25) is 5.15 Å². The highest BCUT2D eigenvalue weighted by Crippen LogP contribution is 2.31. The molecule has 0 unspecified atom stereocenters. The first kappa shape index (κ1) is 17.7. The molecule has 8 heteroatoms. The van der Waals surface area contributed by atoms with E-state index in [-0.39, 0.29) is 10.8 Å². The topological polar surface area (TPSA) is 85.6 Å². The summed E-state index contributed by atoms with van der Waals surface area (Å²) in [6.45, 7) is 5.20. The second-order valence-corrected chi connectivity index (χ2v) is 6.32. The highest BCUT2D eigenvalue weighted by atomic mass is 35.5. The van der Waals surface area contributed by atoms with Gasteiger partial charge in [0.05, 0.1) is 16.3 Å². The number of halogens is 1. The van der Waals surface area contributed by atoms with Crippen LogP contribution in [0.5, 0.6) is 0 Å². The Balaban J connectivity index is 2.52. The minimum Gasteiger partial charge on any atom is -0.443 e. The van der Waals surface area contributed by atoms with Gasteiger partial charge >= 0.3 is 6.09 Å². The number of hydrogen-bond donors (Lipinski definition) is 0. The van der Waals surface area contributed by atoms with E-state index in [2.05, 4.69) is 4.98 Å². The fourth-order valence-corrected chi connectivity index (χ4v) is 2.11. The first-order valence-electron chi connectivity index (χ1n) is 7.06. The molecule has 24 heavy (non-hydrogen) atoms. The smallest absolute Gasteiger partial charge is 0.419 e. The summed E-state index contributed by atoms with van der Waals surface area (Å²) in [5.74, 6) is 0. The van der Waals surface area contributed by atoms with Crippen molar-refractivity contribution in [2.24, 2.45) is 0 Å². The third-order valence-corrected chi connectivity index (χ3v) is 3.05. The van der Waals surface area contributed by atoms with Crippen LogP contribution in [0.15, 0.2) is 42.6 Å². The average molecular weight is 350 g/mol. The molecule has 0 saturated heterocycles. The van der Waals surface area contributed by atoms with Gasteiger partial charge in [-0.1, -0.05) is 17.7 Å². The zero-order chi connectivity index (χ0) is 17.9. The molecule has 0 atom stereocenters. The minimum absolute atomic E-state index is 0.138. The molecule has 1 aromatic heterocycles. The summed E-state index contributed by atoms with van der Waals surface area (Å²) in [5.41, 5.74) is -0.181. The lowest BCUT2D eigenvalue weighted by atomic mass is 10.2. The maximum Gasteiger partial charge on any atom is 0.419 e. The number of rotatable bonds is 3. The Kier molecular flexibility index (Phi) is 5.04. The van der Waals surface area contributed by atoms with Gasteiger partial charge in [-0.2, -0.15) is 0 Å². The molecule has 7 nitrogen and oxygen atoms in total. The lowest BCUT2D eigenvalue weighted by Crippen LogP contribution is -2.33. The largest absolute Gasteiger partial charge is 0.443 e. The van der Waals surface area contributed by atoms with Crippen LogP contribution in [0, 0.1) is 10.1 Å². The molecule has 2 rings (SSSR count). The fraction of sp³-hybridized carbons (Fsp3) is 0.250. The Hall–Kier alpha value is -2.67. The van der Waals surface area contributed by atoms with Crippen molar-refractivity contribution in [2.45, 2.75) is 26.4 Å². The van der Waals surface area contributed by atoms with Crippen LogP contribution in [0.3, 0.4) is 0 Å². The van der Waals surface area contributed by atoms with Crippen molar-refractivity contribution in [3.8, 4) is 0 Å². The third kappa shape index (κ3) is 4.42. The zero-order valence-electron chi connectivity index (χ0n) is 13.4. The van der Waals surface area contributed by atoms with Crippen molar-refractivity contribution in [1.29, 1.82) is 0 Å². The van der Waals surface area contributed by atoms with Gasteiger partial charge < -0.3 is 4.74 Å². The van der Waals surface area contributed by atoms with E-state index in [0.29, 0.717) is 11.4 Å². The number of nitrogens with zero attached hydrogens (tertiary/aromatic N) is 3. The first-order chi connectivity index (χ1) is 11.2. The quantitative estimate of drug-likeness (QED) is 0.454. The fourth-order valence-electron chi connectivity index (χ4n) is 1.94. The molecule has 0 bridgehead atoms. The molecule has 1 amide bonds. The number of carbonyl (C=O) groups is 1. The molecule has 0 N–H and O–H groups in total. The van der Waals surface area contributed by atoms with Gasteiger partial charge in [-0.15, -0.1) is 0 Å². The molecule has 0 aliphatic carbocycles. The highest BCUT2D eigenvalue weighted by molar-refractivity contribution is 6.29. The lowest BCUT2D eigenvalue weighted by molar-refractivity contribution is -0.384.